The fourth-order valence-corrected chi connectivity index (χ4v) is 3.79. The van der Waals surface area contributed by atoms with Crippen molar-refractivity contribution in [3.8, 4) is 17.1 Å². The molecule has 3 rings (SSSR count). The van der Waals surface area contributed by atoms with Gasteiger partial charge in [0.1, 0.15) is 0 Å². The van der Waals surface area contributed by atoms with Crippen LogP contribution in [0, 0.1) is 0 Å². The van der Waals surface area contributed by atoms with Crippen molar-refractivity contribution in [3.05, 3.63) is 59.1 Å². The number of halogens is 1. The van der Waals surface area contributed by atoms with Crippen LogP contribution in [0.15, 0.2) is 53.7 Å². The van der Waals surface area contributed by atoms with Crippen molar-refractivity contribution in [3.63, 3.8) is 0 Å². The number of para-hydroxylation sites is 1. The van der Waals surface area contributed by atoms with Gasteiger partial charge in [-0.2, -0.15) is 0 Å². The average molecular weight is 444 g/mol. The third kappa shape index (κ3) is 5.01. The molecule has 1 aromatic heterocycles. The Bertz CT molecular complexity index is 1070. The Kier molecular flexibility index (Phi) is 6.48. The van der Waals surface area contributed by atoms with E-state index in [2.05, 4.69) is 43.1 Å². The number of nitrogens with two attached hydrogens (primary N) is 1. The zero-order valence-corrected chi connectivity index (χ0v) is 18.4. The highest BCUT2D eigenvalue weighted by Gasteiger charge is 2.20. The maximum atomic E-state index is 11.8. The highest BCUT2D eigenvalue weighted by atomic mass is 35.5. The number of hydrogen-bond donors (Lipinski definition) is 2. The van der Waals surface area contributed by atoms with Crippen LogP contribution in [-0.4, -0.2) is 32.5 Å². The number of primary amides is 1. The smallest absolute Gasteiger partial charge is 0.318 e. The summed E-state index contributed by atoms with van der Waals surface area (Å²) in [4.78, 5) is 22.7. The molecule has 156 valence electrons. The number of nitrogens with zero attached hydrogens (tertiary/aromatic N) is 3. The zero-order chi connectivity index (χ0) is 21.9. The highest BCUT2D eigenvalue weighted by Crippen LogP contribution is 2.32. The molecule has 9 heteroatoms. The first-order valence-electron chi connectivity index (χ1n) is 9.20. The van der Waals surface area contributed by atoms with E-state index in [9.17, 15) is 9.59 Å². The summed E-state index contributed by atoms with van der Waals surface area (Å²) >= 11 is 7.57. The Hall–Kier alpha value is -2.84. The number of nitrogens with one attached hydrogen (secondary N) is 1. The minimum absolute atomic E-state index is 0.0315. The number of thioether (sulfide) groups is 1. The maximum absolute atomic E-state index is 11.8. The van der Waals surface area contributed by atoms with Crippen LogP contribution in [0.2, 0.25) is 5.02 Å². The van der Waals surface area contributed by atoms with Gasteiger partial charge in [0.25, 0.3) is 0 Å². The summed E-state index contributed by atoms with van der Waals surface area (Å²) in [5, 5.41) is 11.6. The van der Waals surface area contributed by atoms with E-state index in [1.165, 1.54) is 5.56 Å². The minimum Gasteiger partial charge on any atom is -0.351 e. The molecule has 0 bridgehead atoms. The van der Waals surface area contributed by atoms with Crippen molar-refractivity contribution in [2.75, 3.05) is 5.75 Å². The number of imide groups is 1. The Labute approximate surface area is 184 Å². The normalized spacial score (nSPS) is 11.3. The van der Waals surface area contributed by atoms with Gasteiger partial charge in [-0.3, -0.25) is 14.7 Å². The summed E-state index contributed by atoms with van der Waals surface area (Å²) in [7, 11) is 0. The largest absolute Gasteiger partial charge is 0.351 e. The van der Waals surface area contributed by atoms with Crippen LogP contribution < -0.4 is 11.1 Å². The lowest BCUT2D eigenvalue weighted by atomic mass is 9.87. The van der Waals surface area contributed by atoms with E-state index in [1.54, 1.807) is 10.6 Å². The third-order valence-electron chi connectivity index (χ3n) is 4.33. The molecule has 0 fully saturated rings. The molecule has 0 aliphatic carbocycles. The van der Waals surface area contributed by atoms with Crippen LogP contribution in [0.1, 0.15) is 26.3 Å². The number of carbonyl (C=O) groups is 2. The lowest BCUT2D eigenvalue weighted by Gasteiger charge is -2.19. The fraction of sp³-hybridized carbons (Fsp3) is 0.238. The summed E-state index contributed by atoms with van der Waals surface area (Å²) in [5.74, 6) is 0.0350. The number of urea groups is 1. The molecule has 1 heterocycles. The third-order valence-corrected chi connectivity index (χ3v) is 5.58. The summed E-state index contributed by atoms with van der Waals surface area (Å²) in [6, 6.07) is 14.5. The number of carbonyl (C=O) groups excluding carboxylic acids is 2. The minimum atomic E-state index is -0.896. The van der Waals surface area contributed by atoms with Gasteiger partial charge in [0.05, 0.1) is 16.5 Å². The molecule has 3 aromatic rings. The van der Waals surface area contributed by atoms with Crippen molar-refractivity contribution in [2.45, 2.75) is 31.3 Å². The number of benzene rings is 2. The topological polar surface area (TPSA) is 103 Å². The van der Waals surface area contributed by atoms with Crippen molar-refractivity contribution >= 4 is 35.3 Å². The van der Waals surface area contributed by atoms with E-state index in [0.717, 1.165) is 17.3 Å². The van der Waals surface area contributed by atoms with Gasteiger partial charge in [-0.05, 0) is 23.1 Å². The van der Waals surface area contributed by atoms with E-state index in [-0.39, 0.29) is 11.2 Å². The second-order valence-electron chi connectivity index (χ2n) is 7.62. The van der Waals surface area contributed by atoms with E-state index >= 15 is 0 Å². The van der Waals surface area contributed by atoms with Gasteiger partial charge in [0.15, 0.2) is 11.0 Å². The summed E-state index contributed by atoms with van der Waals surface area (Å²) < 4.78 is 1.80. The van der Waals surface area contributed by atoms with Crippen molar-refractivity contribution in [1.29, 1.82) is 0 Å². The molecule has 0 aliphatic rings. The van der Waals surface area contributed by atoms with Gasteiger partial charge in [0, 0.05) is 5.56 Å². The van der Waals surface area contributed by atoms with E-state index in [1.807, 2.05) is 35.6 Å². The maximum Gasteiger partial charge on any atom is 0.318 e. The summed E-state index contributed by atoms with van der Waals surface area (Å²) in [6.07, 6.45) is 0. The predicted molar refractivity (Wildman–Crippen MR) is 119 cm³/mol. The van der Waals surface area contributed by atoms with Gasteiger partial charge in [0.2, 0.25) is 5.91 Å². The first-order valence-corrected chi connectivity index (χ1v) is 10.6. The predicted octanol–water partition coefficient (Wildman–Crippen LogP) is 4.17. The van der Waals surface area contributed by atoms with Crippen LogP contribution in [0.3, 0.4) is 0 Å². The molecule has 3 amide bonds. The van der Waals surface area contributed by atoms with Crippen LogP contribution >= 0.6 is 23.4 Å². The zero-order valence-electron chi connectivity index (χ0n) is 16.8. The van der Waals surface area contributed by atoms with Crippen LogP contribution in [0.4, 0.5) is 4.79 Å². The monoisotopic (exact) mass is 443 g/mol. The van der Waals surface area contributed by atoms with E-state index in [4.69, 9.17) is 17.3 Å². The quantitative estimate of drug-likeness (QED) is 0.576. The molecule has 0 saturated heterocycles. The molecule has 0 unspecified atom stereocenters. The Morgan fingerprint density at radius 3 is 2.37 bits per heavy atom. The SMILES string of the molecule is CC(C)(C)c1ccc(-c2nnc(SCC(=O)NC(N)=O)n2-c2ccccc2Cl)cc1. The number of rotatable bonds is 5. The van der Waals surface area contributed by atoms with Crippen molar-refractivity contribution in [1.82, 2.24) is 20.1 Å². The van der Waals surface area contributed by atoms with Gasteiger partial charge in [-0.15, -0.1) is 10.2 Å². The molecule has 0 atom stereocenters. The summed E-state index contributed by atoms with van der Waals surface area (Å²) in [6.45, 7) is 6.46. The molecule has 0 aliphatic heterocycles. The van der Waals surface area contributed by atoms with Gasteiger partial charge in [-0.25, -0.2) is 4.79 Å². The molecule has 30 heavy (non-hydrogen) atoms. The molecule has 2 aromatic carbocycles. The summed E-state index contributed by atoms with van der Waals surface area (Å²) in [5.41, 5.74) is 7.78. The number of aromatic nitrogens is 3. The Morgan fingerprint density at radius 1 is 1.10 bits per heavy atom. The molecular formula is C21H22ClN5O2S. The fourth-order valence-electron chi connectivity index (χ4n) is 2.82. The van der Waals surface area contributed by atoms with Gasteiger partial charge < -0.3 is 5.73 Å². The second-order valence-corrected chi connectivity index (χ2v) is 8.97. The first-order chi connectivity index (χ1) is 14.2. The molecule has 0 radical (unpaired) electrons. The first kappa shape index (κ1) is 21.9. The van der Waals surface area contributed by atoms with Crippen LogP contribution in [0.25, 0.3) is 17.1 Å². The highest BCUT2D eigenvalue weighted by molar-refractivity contribution is 7.99. The number of hydrogen-bond acceptors (Lipinski definition) is 5. The van der Waals surface area contributed by atoms with Crippen molar-refractivity contribution < 1.29 is 9.59 Å². The lowest BCUT2D eigenvalue weighted by molar-refractivity contribution is -0.117. The Balaban J connectivity index is 2.02. The van der Waals surface area contributed by atoms with Crippen LogP contribution in [0.5, 0.6) is 0 Å². The van der Waals surface area contributed by atoms with Gasteiger partial charge in [-0.1, -0.05) is 80.5 Å². The molecule has 7 nitrogen and oxygen atoms in total. The molecular weight excluding hydrogens is 422 g/mol. The van der Waals surface area contributed by atoms with Crippen LogP contribution in [-0.2, 0) is 10.2 Å². The second kappa shape index (κ2) is 8.89. The van der Waals surface area contributed by atoms with Crippen molar-refractivity contribution in [2.24, 2.45) is 5.73 Å². The molecule has 0 spiro atoms. The van der Waals surface area contributed by atoms with Gasteiger partial charge >= 0.3 is 6.03 Å². The average Bonchev–Trinajstić information content (AvgIpc) is 3.09. The standard InChI is InChI=1S/C21H22ClN5O2S/c1-21(2,3)14-10-8-13(9-11-14)18-25-26-20(30-12-17(28)24-19(23)29)27(18)16-7-5-4-6-15(16)22/h4-11H,12H2,1-3H3,(H3,23,24,28,29). The lowest BCUT2D eigenvalue weighted by Crippen LogP contribution is -2.36. The van der Waals surface area contributed by atoms with E-state index < -0.39 is 11.9 Å². The molecule has 3 N–H and O–H groups in total. The molecule has 0 saturated carbocycles. The Morgan fingerprint density at radius 2 is 1.77 bits per heavy atom. The number of amides is 3. The van der Waals surface area contributed by atoms with E-state index in [0.29, 0.717) is 21.7 Å².